The number of anilines is 1. The van der Waals surface area contributed by atoms with Crippen LogP contribution in [0.1, 0.15) is 34.7 Å². The van der Waals surface area contributed by atoms with Crippen LogP contribution < -0.4 is 25.5 Å². The van der Waals surface area contributed by atoms with E-state index in [1.807, 2.05) is 70.2 Å². The molecule has 0 aliphatic heterocycles. The van der Waals surface area contributed by atoms with Gasteiger partial charge >= 0.3 is 11.8 Å². The topological polar surface area (TPSA) is 118 Å². The Morgan fingerprint density at radius 1 is 0.897 bits per heavy atom. The van der Waals surface area contributed by atoms with E-state index in [4.69, 9.17) is 9.47 Å². The Morgan fingerprint density at radius 2 is 1.59 bits per heavy atom. The van der Waals surface area contributed by atoms with Gasteiger partial charge in [-0.15, -0.1) is 0 Å². The zero-order valence-electron chi connectivity index (χ0n) is 22.3. The number of ether oxygens (including phenoxy) is 2. The van der Waals surface area contributed by atoms with Crippen LogP contribution in [-0.2, 0) is 20.9 Å². The van der Waals surface area contributed by atoms with Gasteiger partial charge in [0.1, 0.15) is 0 Å². The van der Waals surface area contributed by atoms with E-state index in [9.17, 15) is 14.4 Å². The molecule has 0 saturated carbocycles. The van der Waals surface area contributed by atoms with Crippen molar-refractivity contribution in [2.45, 2.75) is 34.2 Å². The van der Waals surface area contributed by atoms with Crippen molar-refractivity contribution in [1.82, 2.24) is 10.7 Å². The third-order valence-corrected chi connectivity index (χ3v) is 5.93. The number of aryl methyl sites for hydroxylation is 3. The first-order valence-corrected chi connectivity index (χ1v) is 13.1. The number of rotatable bonds is 10. The monoisotopic (exact) mass is 594 g/mol. The minimum atomic E-state index is -0.891. The lowest BCUT2D eigenvalue weighted by atomic mass is 10.1. The normalized spacial score (nSPS) is 10.7. The number of nitrogens with zero attached hydrogens (tertiary/aromatic N) is 1. The molecule has 39 heavy (non-hydrogen) atoms. The first-order valence-electron chi connectivity index (χ1n) is 12.3. The smallest absolute Gasteiger partial charge is 0.329 e. The number of carbonyl (C=O) groups is 3. The van der Waals surface area contributed by atoms with Gasteiger partial charge in [-0.25, -0.2) is 5.43 Å². The molecule has 9 nitrogen and oxygen atoms in total. The average Bonchev–Trinajstić information content (AvgIpc) is 2.87. The van der Waals surface area contributed by atoms with Crippen LogP contribution in [0.3, 0.4) is 0 Å². The Bertz CT molecular complexity index is 1350. The van der Waals surface area contributed by atoms with Crippen molar-refractivity contribution in [1.29, 1.82) is 0 Å². The lowest BCUT2D eigenvalue weighted by molar-refractivity contribution is -0.139. The molecule has 0 aliphatic rings. The molecule has 204 valence electrons. The highest BCUT2D eigenvalue weighted by Crippen LogP contribution is 2.36. The third-order valence-electron chi connectivity index (χ3n) is 5.34. The maximum absolute atomic E-state index is 12.5. The summed E-state index contributed by atoms with van der Waals surface area (Å²) in [5, 5.41) is 9.25. The van der Waals surface area contributed by atoms with Gasteiger partial charge in [0.25, 0.3) is 5.91 Å². The molecule has 0 bridgehead atoms. The fourth-order valence-corrected chi connectivity index (χ4v) is 4.21. The van der Waals surface area contributed by atoms with Gasteiger partial charge in [-0.3, -0.25) is 14.4 Å². The molecule has 10 heteroatoms. The minimum Gasteiger partial charge on any atom is -0.490 e. The fraction of sp³-hybridized carbons (Fsp3) is 0.241. The van der Waals surface area contributed by atoms with E-state index in [1.54, 1.807) is 12.1 Å². The first-order chi connectivity index (χ1) is 18.6. The predicted octanol–water partition coefficient (Wildman–Crippen LogP) is 4.56. The maximum Gasteiger partial charge on any atom is 0.329 e. The molecule has 3 aromatic rings. The summed E-state index contributed by atoms with van der Waals surface area (Å²) < 4.78 is 12.0. The number of nitrogens with one attached hydrogen (secondary N) is 3. The van der Waals surface area contributed by atoms with Crippen molar-refractivity contribution in [2.24, 2.45) is 5.10 Å². The zero-order valence-corrected chi connectivity index (χ0v) is 23.8. The molecule has 0 fully saturated rings. The quantitative estimate of drug-likeness (QED) is 0.181. The SMILES string of the molecule is CCOc1cc(/C=N\NC(=O)C(=O)NCc2ccc(C)cc2)cc(Br)c1OCC(=O)Nc1cc(C)cc(C)c1. The van der Waals surface area contributed by atoms with Crippen LogP contribution in [0.4, 0.5) is 5.69 Å². The van der Waals surface area contributed by atoms with E-state index in [0.717, 1.165) is 22.3 Å². The number of carbonyl (C=O) groups excluding carboxylic acids is 3. The molecule has 0 unspecified atom stereocenters. The van der Waals surface area contributed by atoms with E-state index >= 15 is 0 Å². The number of halogens is 1. The lowest BCUT2D eigenvalue weighted by Crippen LogP contribution is -2.37. The van der Waals surface area contributed by atoms with Crippen LogP contribution in [0.15, 0.2) is 64.2 Å². The number of hydrazone groups is 1. The molecule has 0 aliphatic carbocycles. The van der Waals surface area contributed by atoms with E-state index in [1.165, 1.54) is 6.21 Å². The van der Waals surface area contributed by atoms with Gasteiger partial charge in [0.15, 0.2) is 18.1 Å². The Balaban J connectivity index is 1.58. The van der Waals surface area contributed by atoms with Crippen molar-refractivity contribution in [3.05, 3.63) is 86.9 Å². The van der Waals surface area contributed by atoms with Gasteiger partial charge < -0.3 is 20.1 Å². The molecule has 3 amide bonds. The van der Waals surface area contributed by atoms with Gasteiger partial charge in [0, 0.05) is 12.2 Å². The highest BCUT2D eigenvalue weighted by atomic mass is 79.9. The van der Waals surface area contributed by atoms with Gasteiger partial charge in [-0.2, -0.15) is 5.10 Å². The van der Waals surface area contributed by atoms with Crippen LogP contribution in [0.5, 0.6) is 11.5 Å². The average molecular weight is 595 g/mol. The molecule has 3 rings (SSSR count). The number of hydrogen-bond acceptors (Lipinski definition) is 6. The minimum absolute atomic E-state index is 0.227. The summed E-state index contributed by atoms with van der Waals surface area (Å²) in [6.45, 7) is 8.07. The summed E-state index contributed by atoms with van der Waals surface area (Å²) >= 11 is 3.45. The van der Waals surface area contributed by atoms with Crippen molar-refractivity contribution in [2.75, 3.05) is 18.5 Å². The molecule has 3 N–H and O–H groups in total. The molecular weight excluding hydrogens is 564 g/mol. The van der Waals surface area contributed by atoms with Crippen LogP contribution in [-0.4, -0.2) is 37.1 Å². The number of benzene rings is 3. The maximum atomic E-state index is 12.5. The van der Waals surface area contributed by atoms with Crippen LogP contribution in [0, 0.1) is 20.8 Å². The van der Waals surface area contributed by atoms with E-state index < -0.39 is 11.8 Å². The highest BCUT2D eigenvalue weighted by Gasteiger charge is 2.15. The Hall–Kier alpha value is -4.18. The molecule has 3 aromatic carbocycles. The van der Waals surface area contributed by atoms with Crippen LogP contribution in [0.25, 0.3) is 0 Å². The lowest BCUT2D eigenvalue weighted by Gasteiger charge is -2.15. The summed E-state index contributed by atoms with van der Waals surface area (Å²) in [6.07, 6.45) is 1.37. The van der Waals surface area contributed by atoms with Crippen molar-refractivity contribution in [3.63, 3.8) is 0 Å². The molecule has 0 radical (unpaired) electrons. The molecule has 0 heterocycles. The molecule has 0 spiro atoms. The Kier molecular flexibility index (Phi) is 10.6. The molecular formula is C29H31BrN4O5. The largest absolute Gasteiger partial charge is 0.490 e. The van der Waals surface area contributed by atoms with Crippen molar-refractivity contribution >= 4 is 45.6 Å². The van der Waals surface area contributed by atoms with E-state index in [-0.39, 0.29) is 19.1 Å². The zero-order chi connectivity index (χ0) is 28.4. The summed E-state index contributed by atoms with van der Waals surface area (Å²) in [5.74, 6) is -1.27. The number of amides is 3. The van der Waals surface area contributed by atoms with Gasteiger partial charge in [0.2, 0.25) is 0 Å². The molecule has 0 aromatic heterocycles. The highest BCUT2D eigenvalue weighted by molar-refractivity contribution is 9.10. The van der Waals surface area contributed by atoms with Crippen LogP contribution >= 0.6 is 15.9 Å². The van der Waals surface area contributed by atoms with Crippen molar-refractivity contribution in [3.8, 4) is 11.5 Å². The summed E-state index contributed by atoms with van der Waals surface area (Å²) in [7, 11) is 0. The van der Waals surface area contributed by atoms with E-state index in [2.05, 4.69) is 37.1 Å². The third kappa shape index (κ3) is 9.26. The van der Waals surface area contributed by atoms with Crippen molar-refractivity contribution < 1.29 is 23.9 Å². The summed E-state index contributed by atoms with van der Waals surface area (Å²) in [4.78, 5) is 36.6. The second-order valence-corrected chi connectivity index (χ2v) is 9.70. The van der Waals surface area contributed by atoms with Gasteiger partial charge in [-0.1, -0.05) is 35.9 Å². The summed E-state index contributed by atoms with van der Waals surface area (Å²) in [6, 6.07) is 16.7. The Morgan fingerprint density at radius 3 is 2.26 bits per heavy atom. The van der Waals surface area contributed by atoms with Crippen LogP contribution in [0.2, 0.25) is 0 Å². The second kappa shape index (κ2) is 14.1. The molecule has 0 atom stereocenters. The van der Waals surface area contributed by atoms with Gasteiger partial charge in [0.05, 0.1) is 17.3 Å². The van der Waals surface area contributed by atoms with Gasteiger partial charge in [-0.05, 0) is 90.1 Å². The molecule has 0 saturated heterocycles. The summed E-state index contributed by atoms with van der Waals surface area (Å²) in [5.41, 5.74) is 7.55. The Labute approximate surface area is 236 Å². The second-order valence-electron chi connectivity index (χ2n) is 8.84. The standard InChI is InChI=1S/C29H31BrN4O5/c1-5-38-25-14-22(16-32-34-29(37)28(36)31-15-21-8-6-18(2)7-9-21)13-24(30)27(25)39-17-26(35)33-23-11-19(3)10-20(4)12-23/h6-14,16H,5,15,17H2,1-4H3,(H,31,36)(H,33,35)(H,34,37)/b32-16-. The fourth-order valence-electron chi connectivity index (χ4n) is 3.63. The first kappa shape index (κ1) is 29.4. The number of hydrogen-bond donors (Lipinski definition) is 3. The predicted molar refractivity (Wildman–Crippen MR) is 154 cm³/mol. The van der Waals surface area contributed by atoms with E-state index in [0.29, 0.717) is 33.8 Å².